The van der Waals surface area contributed by atoms with Gasteiger partial charge in [0.05, 0.1) is 43.2 Å². The first-order valence-corrected chi connectivity index (χ1v) is 13.4. The smallest absolute Gasteiger partial charge is 0.374 e. The summed E-state index contributed by atoms with van der Waals surface area (Å²) in [4.78, 5) is 40.0. The van der Waals surface area contributed by atoms with Crippen LogP contribution in [0.3, 0.4) is 0 Å². The maximum absolute atomic E-state index is 13.4. The Kier molecular flexibility index (Phi) is 7.11. The summed E-state index contributed by atoms with van der Waals surface area (Å²) in [5, 5.41) is 7.66. The lowest BCUT2D eigenvalue weighted by Crippen LogP contribution is -2.56. The summed E-state index contributed by atoms with van der Waals surface area (Å²) < 4.78 is 71.1. The number of ether oxygens (including phenoxy) is 1. The highest BCUT2D eigenvalue weighted by atomic mass is 19.4. The maximum atomic E-state index is 13.4. The zero-order valence-corrected chi connectivity index (χ0v) is 22.3. The van der Waals surface area contributed by atoms with Gasteiger partial charge in [-0.15, -0.1) is 0 Å². The van der Waals surface area contributed by atoms with Gasteiger partial charge in [-0.3, -0.25) is 9.59 Å². The molecule has 11 nitrogen and oxygen atoms in total. The van der Waals surface area contributed by atoms with E-state index in [0.29, 0.717) is 68.2 Å². The van der Waals surface area contributed by atoms with Crippen LogP contribution in [0, 0.1) is 0 Å². The number of carbonyl (C=O) groups excluding carboxylic acids is 1. The van der Waals surface area contributed by atoms with Crippen LogP contribution in [0.4, 0.5) is 39.4 Å². The number of alkyl halides is 5. The summed E-state index contributed by atoms with van der Waals surface area (Å²) in [6.45, 7) is 1.75. The second-order valence-electron chi connectivity index (χ2n) is 10.6. The van der Waals surface area contributed by atoms with Crippen LogP contribution >= 0.6 is 0 Å². The number of morpholine rings is 1. The molecule has 3 aliphatic rings. The molecule has 2 aromatic heterocycles. The molecule has 3 aliphatic heterocycles. The average Bonchev–Trinajstić information content (AvgIpc) is 2.96. The van der Waals surface area contributed by atoms with E-state index in [1.165, 1.54) is 4.90 Å². The number of aromatic nitrogens is 4. The van der Waals surface area contributed by atoms with Crippen LogP contribution in [0.1, 0.15) is 12.0 Å². The summed E-state index contributed by atoms with van der Waals surface area (Å²) in [5.41, 5.74) is -0.745. The first kappa shape index (κ1) is 28.1. The van der Waals surface area contributed by atoms with Gasteiger partial charge in [-0.25, -0.2) is 23.8 Å². The average molecular weight is 595 g/mol. The third-order valence-corrected chi connectivity index (χ3v) is 7.68. The standard InChI is InChI=1S/C26H27F5N8O3/c27-25(28)14-39(15-25)17-1-2-19-20(9-17)22(34-35-23(19)41)38-7-8-42-18(13-38)10-21(40)36-3-5-37(6-4-36)24-32-11-16(12-33-24)26(29,30)31/h1-2,9,11-12,18H,3-8,10,13-15H2,(H,35,41)/t18-/m1/s1. The zero-order valence-electron chi connectivity index (χ0n) is 22.3. The van der Waals surface area contributed by atoms with Crippen molar-refractivity contribution in [1.29, 1.82) is 0 Å². The number of rotatable bonds is 5. The lowest BCUT2D eigenvalue weighted by Gasteiger charge is -2.40. The summed E-state index contributed by atoms with van der Waals surface area (Å²) in [5.74, 6) is -2.22. The van der Waals surface area contributed by atoms with E-state index in [-0.39, 0.29) is 18.3 Å². The molecule has 0 saturated carbocycles. The van der Waals surface area contributed by atoms with E-state index >= 15 is 0 Å². The third-order valence-electron chi connectivity index (χ3n) is 7.68. The number of carbonyl (C=O) groups is 1. The van der Waals surface area contributed by atoms with Crippen molar-refractivity contribution in [2.24, 2.45) is 0 Å². The van der Waals surface area contributed by atoms with E-state index in [1.807, 2.05) is 4.90 Å². The Morgan fingerprint density at radius 3 is 2.38 bits per heavy atom. The number of hydrogen-bond donors (Lipinski definition) is 1. The van der Waals surface area contributed by atoms with Crippen molar-refractivity contribution < 1.29 is 31.5 Å². The fraction of sp³-hybridized carbons (Fsp3) is 0.500. The van der Waals surface area contributed by atoms with Crippen LogP contribution in [-0.4, -0.2) is 102 Å². The quantitative estimate of drug-likeness (QED) is 0.445. The first-order chi connectivity index (χ1) is 20.0. The summed E-state index contributed by atoms with van der Waals surface area (Å²) in [6.07, 6.45) is -3.38. The second kappa shape index (κ2) is 10.6. The van der Waals surface area contributed by atoms with Gasteiger partial charge >= 0.3 is 6.18 Å². The molecule has 0 radical (unpaired) electrons. The minimum Gasteiger partial charge on any atom is -0.374 e. The van der Waals surface area contributed by atoms with Crippen molar-refractivity contribution in [3.05, 3.63) is 46.5 Å². The molecule has 0 bridgehead atoms. The molecule has 1 amide bonds. The molecule has 1 atom stereocenters. The number of H-pyrrole nitrogens is 1. The van der Waals surface area contributed by atoms with Gasteiger partial charge in [0.25, 0.3) is 11.5 Å². The third kappa shape index (κ3) is 5.67. The van der Waals surface area contributed by atoms with Crippen LogP contribution in [0.5, 0.6) is 0 Å². The lowest BCUT2D eigenvalue weighted by atomic mass is 10.1. The van der Waals surface area contributed by atoms with E-state index in [0.717, 1.165) is 12.4 Å². The van der Waals surface area contributed by atoms with E-state index < -0.39 is 42.4 Å². The van der Waals surface area contributed by atoms with Gasteiger partial charge in [-0.1, -0.05) is 0 Å². The largest absolute Gasteiger partial charge is 0.419 e. The minimum absolute atomic E-state index is 0.0999. The Labute approximate surface area is 235 Å². The minimum atomic E-state index is -4.51. The topological polar surface area (TPSA) is 111 Å². The summed E-state index contributed by atoms with van der Waals surface area (Å²) in [6, 6.07) is 4.93. The highest BCUT2D eigenvalue weighted by Crippen LogP contribution is 2.35. The first-order valence-electron chi connectivity index (χ1n) is 13.4. The maximum Gasteiger partial charge on any atom is 0.419 e. The summed E-state index contributed by atoms with van der Waals surface area (Å²) >= 11 is 0. The van der Waals surface area contributed by atoms with Crippen molar-refractivity contribution >= 4 is 34.1 Å². The van der Waals surface area contributed by atoms with E-state index in [4.69, 9.17) is 4.74 Å². The van der Waals surface area contributed by atoms with Crippen LogP contribution in [0.15, 0.2) is 35.4 Å². The van der Waals surface area contributed by atoms with Crippen molar-refractivity contribution in [1.82, 2.24) is 25.1 Å². The fourth-order valence-corrected chi connectivity index (χ4v) is 5.42. The molecule has 5 heterocycles. The molecule has 3 aromatic rings. The molecule has 3 saturated heterocycles. The highest BCUT2D eigenvalue weighted by Gasteiger charge is 2.44. The summed E-state index contributed by atoms with van der Waals surface area (Å²) in [7, 11) is 0. The predicted octanol–water partition coefficient (Wildman–Crippen LogP) is 2.13. The van der Waals surface area contributed by atoms with Crippen LogP contribution < -0.4 is 20.3 Å². The molecule has 1 aromatic carbocycles. The number of halogens is 5. The van der Waals surface area contributed by atoms with Gasteiger partial charge < -0.3 is 24.3 Å². The molecule has 6 rings (SSSR count). The Bertz CT molecular complexity index is 1520. The molecule has 0 spiro atoms. The molecule has 42 heavy (non-hydrogen) atoms. The monoisotopic (exact) mass is 594 g/mol. The number of aromatic amines is 1. The van der Waals surface area contributed by atoms with Gasteiger partial charge in [0.15, 0.2) is 5.82 Å². The molecule has 0 unspecified atom stereocenters. The molecule has 1 N–H and O–H groups in total. The van der Waals surface area contributed by atoms with Gasteiger partial charge in [-0.2, -0.15) is 18.3 Å². The lowest BCUT2D eigenvalue weighted by molar-refractivity contribution is -0.138. The number of nitrogens with zero attached hydrogens (tertiary/aromatic N) is 7. The van der Waals surface area contributed by atoms with Crippen LogP contribution in [0.25, 0.3) is 10.8 Å². The van der Waals surface area contributed by atoms with Crippen molar-refractivity contribution in [2.45, 2.75) is 24.6 Å². The Hall–Kier alpha value is -4.08. The zero-order chi connectivity index (χ0) is 29.6. The number of amides is 1. The number of anilines is 3. The van der Waals surface area contributed by atoms with Crippen molar-refractivity contribution in [3.63, 3.8) is 0 Å². The molecule has 0 aliphatic carbocycles. The Morgan fingerprint density at radius 2 is 1.71 bits per heavy atom. The van der Waals surface area contributed by atoms with Gasteiger partial charge in [0.2, 0.25) is 11.9 Å². The van der Waals surface area contributed by atoms with Crippen molar-refractivity contribution in [2.75, 3.05) is 73.7 Å². The number of fused-ring (bicyclic) bond motifs is 1. The van der Waals surface area contributed by atoms with Gasteiger partial charge in [0.1, 0.15) is 0 Å². The number of piperazine rings is 1. The fourth-order valence-electron chi connectivity index (χ4n) is 5.42. The molecule has 224 valence electrons. The van der Waals surface area contributed by atoms with Gasteiger partial charge in [0, 0.05) is 62.7 Å². The van der Waals surface area contributed by atoms with Gasteiger partial charge in [-0.05, 0) is 18.2 Å². The molecule has 16 heteroatoms. The Morgan fingerprint density at radius 1 is 1.00 bits per heavy atom. The predicted molar refractivity (Wildman–Crippen MR) is 142 cm³/mol. The molecular weight excluding hydrogens is 567 g/mol. The highest BCUT2D eigenvalue weighted by molar-refractivity contribution is 5.94. The molecular formula is C26H27F5N8O3. The second-order valence-corrected chi connectivity index (χ2v) is 10.6. The number of hydrogen-bond acceptors (Lipinski definition) is 9. The van der Waals surface area contributed by atoms with Crippen molar-refractivity contribution in [3.8, 4) is 0 Å². The van der Waals surface area contributed by atoms with Crippen LogP contribution in [-0.2, 0) is 15.7 Å². The number of nitrogens with one attached hydrogen (secondary N) is 1. The van der Waals surface area contributed by atoms with E-state index in [1.54, 1.807) is 28.0 Å². The van der Waals surface area contributed by atoms with Crippen LogP contribution in [0.2, 0.25) is 0 Å². The Balaban J connectivity index is 1.09. The van der Waals surface area contributed by atoms with E-state index in [9.17, 15) is 31.5 Å². The molecule has 3 fully saturated rings. The number of benzene rings is 1. The van der Waals surface area contributed by atoms with E-state index in [2.05, 4.69) is 20.2 Å². The normalized spacial score (nSPS) is 21.0. The SMILES string of the molecule is O=C(C[C@@H]1CN(c2n[nH]c(=O)c3ccc(N4CC(F)(F)C4)cc23)CCO1)N1CCN(c2ncc(C(F)(F)F)cn2)CC1.